The number of carbonyl (C=O) groups is 9. The Bertz CT molecular complexity index is 2500. The van der Waals surface area contributed by atoms with Crippen LogP contribution < -0.4 is 16.0 Å². The molecule has 1 unspecified atom stereocenters. The fourth-order valence-corrected chi connectivity index (χ4v) is 12.2. The minimum absolute atomic E-state index is 0.0190. The number of carboxylic acids is 1. The maximum Gasteiger partial charge on any atom is 0.397 e. The molecule has 0 bridgehead atoms. The summed E-state index contributed by atoms with van der Waals surface area (Å²) in [5, 5.41) is 18.1. The van der Waals surface area contributed by atoms with Gasteiger partial charge in [0.25, 0.3) is 0 Å². The predicted octanol–water partition coefficient (Wildman–Crippen LogP) is 6.64. The second-order valence-electron chi connectivity index (χ2n) is 21.4. The molecule has 18 heteroatoms. The zero-order chi connectivity index (χ0) is 56.3. The van der Waals surface area contributed by atoms with Crippen LogP contribution >= 0.6 is 0 Å². The van der Waals surface area contributed by atoms with Gasteiger partial charge in [-0.25, -0.2) is 14.4 Å². The maximum atomic E-state index is 12.6. The number of ether oxygens (including phenoxy) is 2. The van der Waals surface area contributed by atoms with Crippen molar-refractivity contribution in [3.63, 3.8) is 0 Å². The summed E-state index contributed by atoms with van der Waals surface area (Å²) in [7, 11) is 0. The highest BCUT2D eigenvalue weighted by atomic mass is 16.5. The monoisotopic (exact) mass is 1090 g/mol. The maximum absolute atomic E-state index is 12.6. The first-order valence-electron chi connectivity index (χ1n) is 28.9. The number of amides is 6. The molecule has 3 fully saturated rings. The lowest BCUT2D eigenvalue weighted by molar-refractivity contribution is -0.161. The first-order chi connectivity index (χ1) is 38.3. The SMILES string of the molecule is CCOC(=O)C(=O)N1CCc2ccccc2C1CNC(=O)C1CCCCC1.CCOC(=O)C(=O)N1CCc2ccccc2[C@H]1CNC(=O)C1CCCCC1.O=C(O)C(=O)N1CCc2ccccc2[C@@H]1CNC(=O)C1CCCCC1. The number of nitrogens with zero attached hydrogens (tertiary/aromatic N) is 3. The molecule has 3 atom stereocenters. The van der Waals surface area contributed by atoms with E-state index in [0.717, 1.165) is 110 Å². The van der Waals surface area contributed by atoms with Crippen molar-refractivity contribution < 1.29 is 57.7 Å². The van der Waals surface area contributed by atoms with Crippen LogP contribution in [0, 0.1) is 17.8 Å². The van der Waals surface area contributed by atoms with Crippen molar-refractivity contribution in [2.24, 2.45) is 17.8 Å². The second-order valence-corrected chi connectivity index (χ2v) is 21.4. The number of carbonyl (C=O) groups excluding carboxylic acids is 8. The van der Waals surface area contributed by atoms with Crippen molar-refractivity contribution >= 4 is 53.4 Å². The van der Waals surface area contributed by atoms with Gasteiger partial charge in [0.15, 0.2) is 0 Å². The third kappa shape index (κ3) is 15.8. The van der Waals surface area contributed by atoms with Crippen molar-refractivity contribution in [3.8, 4) is 0 Å². The number of nitrogens with one attached hydrogen (secondary N) is 3. The summed E-state index contributed by atoms with van der Waals surface area (Å²) in [6, 6.07) is 22.4. The normalized spacial score (nSPS) is 20.1. The molecular weight excluding hydrogens is 1010 g/mol. The number of hydrogen-bond donors (Lipinski definition) is 4. The molecule has 6 aliphatic rings. The lowest BCUT2D eigenvalue weighted by Crippen LogP contribution is -2.48. The lowest BCUT2D eigenvalue weighted by atomic mass is 9.88. The third-order valence-electron chi connectivity index (χ3n) is 16.4. The van der Waals surface area contributed by atoms with E-state index < -0.39 is 41.7 Å². The van der Waals surface area contributed by atoms with Gasteiger partial charge in [0, 0.05) is 57.0 Å². The zero-order valence-corrected chi connectivity index (χ0v) is 46.1. The molecule has 3 heterocycles. The summed E-state index contributed by atoms with van der Waals surface area (Å²) >= 11 is 0. The number of hydrogen-bond acceptors (Lipinski definition) is 11. The Hall–Kier alpha value is -7.11. The molecule has 3 saturated carbocycles. The van der Waals surface area contributed by atoms with Crippen LogP contribution in [0.5, 0.6) is 0 Å². The van der Waals surface area contributed by atoms with Crippen molar-refractivity contribution in [3.05, 3.63) is 106 Å². The van der Waals surface area contributed by atoms with Gasteiger partial charge in [-0.2, -0.15) is 0 Å². The summed E-state index contributed by atoms with van der Waals surface area (Å²) < 4.78 is 9.79. The highest BCUT2D eigenvalue weighted by molar-refractivity contribution is 6.33. The Morgan fingerprint density at radius 1 is 0.430 bits per heavy atom. The molecule has 0 aromatic heterocycles. The van der Waals surface area contributed by atoms with Gasteiger partial charge in [-0.05, 0) is 105 Å². The van der Waals surface area contributed by atoms with Gasteiger partial charge in [-0.3, -0.25) is 28.8 Å². The molecular formula is C61H80N6O12. The molecule has 3 aromatic rings. The molecule has 3 aliphatic carbocycles. The van der Waals surface area contributed by atoms with E-state index >= 15 is 0 Å². The predicted molar refractivity (Wildman–Crippen MR) is 293 cm³/mol. The molecule has 426 valence electrons. The zero-order valence-electron chi connectivity index (χ0n) is 46.1. The van der Waals surface area contributed by atoms with Crippen LogP contribution in [0.2, 0.25) is 0 Å². The Morgan fingerprint density at radius 3 is 0.987 bits per heavy atom. The average Bonchev–Trinajstić information content (AvgIpc) is 3.49. The Balaban J connectivity index is 0.000000172. The van der Waals surface area contributed by atoms with Crippen molar-refractivity contribution in [1.29, 1.82) is 0 Å². The lowest BCUT2D eigenvalue weighted by Gasteiger charge is -2.37. The summed E-state index contributed by atoms with van der Waals surface area (Å²) in [6.45, 7) is 5.82. The Morgan fingerprint density at radius 2 is 0.709 bits per heavy atom. The number of esters is 2. The van der Waals surface area contributed by atoms with Gasteiger partial charge in [-0.15, -0.1) is 0 Å². The molecule has 3 aliphatic heterocycles. The molecule has 3 aromatic carbocycles. The van der Waals surface area contributed by atoms with E-state index in [1.807, 2.05) is 72.8 Å². The van der Waals surface area contributed by atoms with Crippen LogP contribution in [-0.4, -0.2) is 126 Å². The standard InChI is InChI=1S/2C21H28N2O4.C19H24N2O4/c2*1-2-27-21(26)20(25)23-13-12-15-8-6-7-11-17(15)18(23)14-22-19(24)16-9-4-3-5-10-16;22-17(14-7-2-1-3-8-14)20-12-16-15-9-5-4-6-13(15)10-11-21(16)18(23)19(24)25/h2*6-8,11,16,18H,2-5,9-10,12-14H2,1H3,(H,22,24);4-6,9,14,16H,1-3,7-8,10-12H2,(H,20,22)(H,24,25)/t18-;;16-/m1.0/s1. The van der Waals surface area contributed by atoms with Crippen LogP contribution in [0.4, 0.5) is 0 Å². The van der Waals surface area contributed by atoms with Crippen LogP contribution in [0.3, 0.4) is 0 Å². The summed E-state index contributed by atoms with van der Waals surface area (Å²) in [5.74, 6) is -5.01. The number of aliphatic carboxylic acids is 1. The van der Waals surface area contributed by atoms with Gasteiger partial charge in [0.05, 0.1) is 31.3 Å². The Kier molecular flexibility index (Phi) is 22.4. The summed E-state index contributed by atoms with van der Waals surface area (Å²) in [5.41, 5.74) is 6.32. The number of benzene rings is 3. The van der Waals surface area contributed by atoms with Gasteiger partial charge in [-0.1, -0.05) is 131 Å². The van der Waals surface area contributed by atoms with E-state index in [0.29, 0.717) is 52.0 Å². The largest absolute Gasteiger partial charge is 0.474 e. The Labute approximate surface area is 464 Å². The summed E-state index contributed by atoms with van der Waals surface area (Å²) in [4.78, 5) is 114. The molecule has 4 N–H and O–H groups in total. The van der Waals surface area contributed by atoms with E-state index in [-0.39, 0.29) is 67.3 Å². The molecule has 79 heavy (non-hydrogen) atoms. The van der Waals surface area contributed by atoms with Gasteiger partial charge >= 0.3 is 35.6 Å². The van der Waals surface area contributed by atoms with E-state index in [1.54, 1.807) is 23.6 Å². The van der Waals surface area contributed by atoms with Crippen LogP contribution in [-0.2, 0) is 71.9 Å². The van der Waals surface area contributed by atoms with Gasteiger partial charge in [0.1, 0.15) is 0 Å². The van der Waals surface area contributed by atoms with Crippen LogP contribution in [0.15, 0.2) is 72.8 Å². The molecule has 0 saturated heterocycles. The van der Waals surface area contributed by atoms with E-state index in [9.17, 15) is 43.2 Å². The molecule has 6 amide bonds. The molecule has 0 spiro atoms. The van der Waals surface area contributed by atoms with Crippen molar-refractivity contribution in [2.45, 2.75) is 148 Å². The average molecular weight is 1090 g/mol. The van der Waals surface area contributed by atoms with E-state index in [1.165, 1.54) is 24.2 Å². The molecule has 18 nitrogen and oxygen atoms in total. The van der Waals surface area contributed by atoms with E-state index in [4.69, 9.17) is 14.6 Å². The van der Waals surface area contributed by atoms with Crippen molar-refractivity contribution in [2.75, 3.05) is 52.5 Å². The highest BCUT2D eigenvalue weighted by Crippen LogP contribution is 2.34. The van der Waals surface area contributed by atoms with Crippen LogP contribution in [0.1, 0.15) is 162 Å². The second kappa shape index (κ2) is 29.7. The van der Waals surface area contributed by atoms with Gasteiger partial charge < -0.3 is 45.2 Å². The minimum Gasteiger partial charge on any atom is -0.474 e. The molecule has 0 radical (unpaired) electrons. The third-order valence-corrected chi connectivity index (χ3v) is 16.4. The number of fused-ring (bicyclic) bond motifs is 3. The van der Waals surface area contributed by atoms with Crippen molar-refractivity contribution in [1.82, 2.24) is 30.7 Å². The van der Waals surface area contributed by atoms with Gasteiger partial charge in [0.2, 0.25) is 17.7 Å². The number of rotatable bonds is 11. The molecule has 9 rings (SSSR count). The number of carboxylic acid groups (broad SMARTS) is 1. The smallest absolute Gasteiger partial charge is 0.397 e. The first-order valence-corrected chi connectivity index (χ1v) is 28.9. The summed E-state index contributed by atoms with van der Waals surface area (Å²) in [6.07, 6.45) is 17.6. The fourth-order valence-electron chi connectivity index (χ4n) is 12.2. The topological polar surface area (TPSA) is 238 Å². The first kappa shape index (κ1) is 59.5. The quantitative estimate of drug-likeness (QED) is 0.117. The van der Waals surface area contributed by atoms with E-state index in [2.05, 4.69) is 16.0 Å². The van der Waals surface area contributed by atoms with Crippen LogP contribution in [0.25, 0.3) is 0 Å². The minimum atomic E-state index is -1.46. The highest BCUT2D eigenvalue weighted by Gasteiger charge is 2.38. The fraction of sp³-hybridized carbons (Fsp3) is 0.557.